The Morgan fingerprint density at radius 2 is 1.84 bits per heavy atom. The average Bonchev–Trinajstić information content (AvgIpc) is 2.40. The van der Waals surface area contributed by atoms with Crippen LogP contribution in [-0.2, 0) is 0 Å². The maximum atomic E-state index is 6.17. The van der Waals surface area contributed by atoms with E-state index in [-0.39, 0.29) is 12.1 Å². The van der Waals surface area contributed by atoms with E-state index in [4.69, 9.17) is 4.74 Å². The first-order valence-corrected chi connectivity index (χ1v) is 7.22. The van der Waals surface area contributed by atoms with Crippen molar-refractivity contribution < 1.29 is 4.74 Å². The molecular weight excluding hydrogens is 302 g/mol. The number of hydrogen-bond donors (Lipinski definition) is 1. The predicted octanol–water partition coefficient (Wildman–Crippen LogP) is 4.69. The summed E-state index contributed by atoms with van der Waals surface area (Å²) in [4.78, 5) is 0. The van der Waals surface area contributed by atoms with Crippen molar-refractivity contribution in [3.8, 4) is 5.75 Å². The van der Waals surface area contributed by atoms with Crippen molar-refractivity contribution in [1.82, 2.24) is 0 Å². The molecule has 0 aromatic heterocycles. The zero-order chi connectivity index (χ0) is 13.4. The third-order valence-corrected chi connectivity index (χ3v) is 3.96. The molecule has 0 radical (unpaired) electrons. The Hall–Kier alpha value is -1.48. The molecule has 3 heteroatoms. The quantitative estimate of drug-likeness (QED) is 0.823. The summed E-state index contributed by atoms with van der Waals surface area (Å²) < 4.78 is 7.26. The largest absolute Gasteiger partial charge is 0.481 e. The summed E-state index contributed by atoms with van der Waals surface area (Å²) in [7, 11) is 0. The Morgan fingerprint density at radius 1 is 1.11 bits per heavy atom. The minimum atomic E-state index is 0.0439. The molecule has 2 unspecified atom stereocenters. The minimum Gasteiger partial charge on any atom is -0.481 e. The van der Waals surface area contributed by atoms with Crippen molar-refractivity contribution in [3.05, 3.63) is 58.1 Å². The molecule has 1 heterocycles. The summed E-state index contributed by atoms with van der Waals surface area (Å²) in [5.41, 5.74) is 3.48. The lowest BCUT2D eigenvalue weighted by Gasteiger charge is -2.33. The molecule has 2 aromatic rings. The second kappa shape index (κ2) is 4.89. The van der Waals surface area contributed by atoms with Crippen LogP contribution in [0.25, 0.3) is 0 Å². The number of benzene rings is 2. The number of rotatable bonds is 1. The van der Waals surface area contributed by atoms with Crippen molar-refractivity contribution in [2.24, 2.45) is 0 Å². The van der Waals surface area contributed by atoms with Gasteiger partial charge >= 0.3 is 0 Å². The fourth-order valence-corrected chi connectivity index (χ4v) is 2.68. The molecule has 0 saturated heterocycles. The van der Waals surface area contributed by atoms with E-state index in [1.165, 1.54) is 11.1 Å². The molecule has 1 aliphatic heterocycles. The SMILES string of the molecule is Cc1ccc2c(c1)OC(c1ccc(Br)cc1)C(C)N2. The van der Waals surface area contributed by atoms with Gasteiger partial charge in [-0.1, -0.05) is 34.1 Å². The van der Waals surface area contributed by atoms with E-state index in [2.05, 4.69) is 77.6 Å². The molecule has 0 spiro atoms. The Kier molecular flexibility index (Phi) is 3.23. The molecule has 3 rings (SSSR count). The van der Waals surface area contributed by atoms with Gasteiger partial charge in [-0.05, 0) is 49.2 Å². The monoisotopic (exact) mass is 317 g/mol. The lowest BCUT2D eigenvalue weighted by molar-refractivity contribution is 0.177. The molecule has 0 amide bonds. The van der Waals surface area contributed by atoms with Crippen LogP contribution >= 0.6 is 15.9 Å². The van der Waals surface area contributed by atoms with E-state index in [0.29, 0.717) is 0 Å². The first-order chi connectivity index (χ1) is 9.13. The van der Waals surface area contributed by atoms with Crippen LogP contribution in [0.3, 0.4) is 0 Å². The van der Waals surface area contributed by atoms with Crippen LogP contribution in [0.5, 0.6) is 5.75 Å². The standard InChI is InChI=1S/C16H16BrNO/c1-10-3-8-14-15(9-10)19-16(11(2)18-14)12-4-6-13(17)7-5-12/h3-9,11,16,18H,1-2H3. The van der Waals surface area contributed by atoms with Crippen molar-refractivity contribution in [2.45, 2.75) is 26.0 Å². The molecule has 0 aliphatic carbocycles. The van der Waals surface area contributed by atoms with Crippen LogP contribution in [0.15, 0.2) is 46.9 Å². The summed E-state index contributed by atoms with van der Waals surface area (Å²) >= 11 is 3.46. The van der Waals surface area contributed by atoms with Gasteiger partial charge in [-0.15, -0.1) is 0 Å². The van der Waals surface area contributed by atoms with Crippen molar-refractivity contribution in [3.63, 3.8) is 0 Å². The van der Waals surface area contributed by atoms with Crippen LogP contribution in [0.1, 0.15) is 24.2 Å². The van der Waals surface area contributed by atoms with Gasteiger partial charge in [-0.25, -0.2) is 0 Å². The summed E-state index contributed by atoms with van der Waals surface area (Å²) in [5.74, 6) is 0.936. The first kappa shape index (κ1) is 12.5. The minimum absolute atomic E-state index is 0.0439. The molecule has 19 heavy (non-hydrogen) atoms. The molecule has 0 saturated carbocycles. The van der Waals surface area contributed by atoms with Crippen LogP contribution in [0, 0.1) is 6.92 Å². The number of anilines is 1. The molecule has 0 fully saturated rings. The zero-order valence-corrected chi connectivity index (χ0v) is 12.6. The van der Waals surface area contributed by atoms with E-state index in [1.54, 1.807) is 0 Å². The van der Waals surface area contributed by atoms with Gasteiger partial charge in [-0.3, -0.25) is 0 Å². The van der Waals surface area contributed by atoms with Gasteiger partial charge in [0, 0.05) is 4.47 Å². The first-order valence-electron chi connectivity index (χ1n) is 6.43. The van der Waals surface area contributed by atoms with E-state index < -0.39 is 0 Å². The number of hydrogen-bond acceptors (Lipinski definition) is 2. The molecule has 0 bridgehead atoms. The summed E-state index contributed by atoms with van der Waals surface area (Å²) in [6.07, 6.45) is 0.0439. The molecule has 1 aliphatic rings. The topological polar surface area (TPSA) is 21.3 Å². The Labute approximate surface area is 121 Å². The van der Waals surface area contributed by atoms with Crippen LogP contribution in [0.2, 0.25) is 0 Å². The van der Waals surface area contributed by atoms with Gasteiger partial charge in [0.15, 0.2) is 0 Å². The Morgan fingerprint density at radius 3 is 2.58 bits per heavy atom. The Balaban J connectivity index is 1.94. The van der Waals surface area contributed by atoms with Gasteiger partial charge in [0.2, 0.25) is 0 Å². The Bertz CT molecular complexity index is 594. The fourth-order valence-electron chi connectivity index (χ4n) is 2.42. The molecule has 1 N–H and O–H groups in total. The highest BCUT2D eigenvalue weighted by molar-refractivity contribution is 9.10. The second-order valence-electron chi connectivity index (χ2n) is 5.02. The maximum absolute atomic E-state index is 6.17. The van der Waals surface area contributed by atoms with Crippen molar-refractivity contribution >= 4 is 21.6 Å². The summed E-state index contributed by atoms with van der Waals surface area (Å²) in [5, 5.41) is 3.51. The van der Waals surface area contributed by atoms with E-state index in [9.17, 15) is 0 Å². The molecule has 2 nitrogen and oxygen atoms in total. The van der Waals surface area contributed by atoms with E-state index in [0.717, 1.165) is 15.9 Å². The van der Waals surface area contributed by atoms with Crippen molar-refractivity contribution in [2.75, 3.05) is 5.32 Å². The summed E-state index contributed by atoms with van der Waals surface area (Å²) in [6, 6.07) is 14.8. The van der Waals surface area contributed by atoms with Gasteiger partial charge in [0.25, 0.3) is 0 Å². The number of aryl methyl sites for hydroxylation is 1. The third-order valence-electron chi connectivity index (χ3n) is 3.43. The fraction of sp³-hybridized carbons (Fsp3) is 0.250. The average molecular weight is 318 g/mol. The normalized spacial score (nSPS) is 21.2. The number of ether oxygens (including phenoxy) is 1. The highest BCUT2D eigenvalue weighted by Crippen LogP contribution is 2.37. The van der Waals surface area contributed by atoms with Crippen molar-refractivity contribution in [1.29, 1.82) is 0 Å². The van der Waals surface area contributed by atoms with E-state index in [1.807, 2.05) is 0 Å². The maximum Gasteiger partial charge on any atom is 0.144 e. The lowest BCUT2D eigenvalue weighted by atomic mass is 10.0. The third kappa shape index (κ3) is 2.47. The number of nitrogens with one attached hydrogen (secondary N) is 1. The van der Waals surface area contributed by atoms with Gasteiger partial charge in [-0.2, -0.15) is 0 Å². The van der Waals surface area contributed by atoms with Crippen LogP contribution in [0.4, 0.5) is 5.69 Å². The summed E-state index contributed by atoms with van der Waals surface area (Å²) in [6.45, 7) is 4.23. The highest BCUT2D eigenvalue weighted by Gasteiger charge is 2.27. The van der Waals surface area contributed by atoms with Gasteiger partial charge in [0.1, 0.15) is 11.9 Å². The number of halogens is 1. The predicted molar refractivity (Wildman–Crippen MR) is 81.8 cm³/mol. The zero-order valence-electron chi connectivity index (χ0n) is 11.0. The molecular formula is C16H16BrNO. The molecule has 2 aromatic carbocycles. The van der Waals surface area contributed by atoms with E-state index >= 15 is 0 Å². The van der Waals surface area contributed by atoms with Gasteiger partial charge < -0.3 is 10.1 Å². The lowest BCUT2D eigenvalue weighted by Crippen LogP contribution is -2.32. The number of fused-ring (bicyclic) bond motifs is 1. The molecule has 2 atom stereocenters. The highest BCUT2D eigenvalue weighted by atomic mass is 79.9. The second-order valence-corrected chi connectivity index (χ2v) is 5.94. The van der Waals surface area contributed by atoms with Crippen LogP contribution in [-0.4, -0.2) is 6.04 Å². The molecule has 98 valence electrons. The van der Waals surface area contributed by atoms with Crippen LogP contribution < -0.4 is 10.1 Å². The van der Waals surface area contributed by atoms with Gasteiger partial charge in [0.05, 0.1) is 11.7 Å². The smallest absolute Gasteiger partial charge is 0.144 e.